The zero-order chi connectivity index (χ0) is 25.1. The summed E-state index contributed by atoms with van der Waals surface area (Å²) in [6.07, 6.45) is 11.1. The molecule has 1 saturated carbocycles. The number of benzene rings is 5. The maximum Gasteiger partial charge on any atom is 0.397 e. The van der Waals surface area contributed by atoms with Crippen LogP contribution in [0.25, 0.3) is 65.0 Å². The van der Waals surface area contributed by atoms with E-state index in [2.05, 4.69) is 48.6 Å². The molecule has 184 valence electrons. The van der Waals surface area contributed by atoms with E-state index in [1.165, 1.54) is 98.4 Å². The van der Waals surface area contributed by atoms with Gasteiger partial charge < -0.3 is 0 Å². The first-order chi connectivity index (χ1) is 18.9. The van der Waals surface area contributed by atoms with Crippen LogP contribution in [0.1, 0.15) is 45.7 Å². The van der Waals surface area contributed by atoms with Gasteiger partial charge in [0.15, 0.2) is 0 Å². The zero-order valence-electron chi connectivity index (χ0n) is 20.6. The molecule has 1 N–H and O–H groups in total. The molecule has 5 atom stereocenters. The molecule has 0 aromatic heterocycles. The second-order valence-corrected chi connectivity index (χ2v) is 14.5. The van der Waals surface area contributed by atoms with Gasteiger partial charge in [0, 0.05) is 22.7 Å². The molecule has 0 saturated heterocycles. The lowest BCUT2D eigenvalue weighted by Crippen LogP contribution is -2.37. The van der Waals surface area contributed by atoms with Gasteiger partial charge in [-0.3, -0.25) is 4.55 Å². The van der Waals surface area contributed by atoms with E-state index in [-0.39, 0.29) is 17.3 Å². The molecule has 13 rings (SSSR count). The van der Waals surface area contributed by atoms with Crippen molar-refractivity contribution in [3.63, 3.8) is 0 Å². The summed E-state index contributed by atoms with van der Waals surface area (Å²) in [6, 6.07) is 9.48. The van der Waals surface area contributed by atoms with Gasteiger partial charge in [0.05, 0.1) is 0 Å². The molecule has 5 heteroatoms. The molecule has 6 aromatic carbocycles. The molecule has 4 nitrogen and oxygen atoms in total. The maximum absolute atomic E-state index is 12.2. The van der Waals surface area contributed by atoms with Crippen LogP contribution in [-0.4, -0.2) is 19.1 Å². The lowest BCUT2D eigenvalue weighted by Gasteiger charge is -2.39. The van der Waals surface area contributed by atoms with E-state index >= 15 is 0 Å². The first-order valence-corrected chi connectivity index (χ1v) is 15.4. The predicted molar refractivity (Wildman–Crippen MR) is 151 cm³/mol. The third-order valence-corrected chi connectivity index (χ3v) is 12.8. The summed E-state index contributed by atoms with van der Waals surface area (Å²) in [5.41, 5.74) is 10.6. The van der Waals surface area contributed by atoms with Gasteiger partial charge in [-0.15, -0.1) is 0 Å². The van der Waals surface area contributed by atoms with Gasteiger partial charge in [-0.1, -0.05) is 42.5 Å². The zero-order valence-corrected chi connectivity index (χ0v) is 21.4. The summed E-state index contributed by atoms with van der Waals surface area (Å²) in [4.78, 5) is 0. The van der Waals surface area contributed by atoms with Crippen molar-refractivity contribution in [1.82, 2.24) is 0 Å². The Balaban J connectivity index is 1.39. The van der Waals surface area contributed by atoms with E-state index in [1.54, 1.807) is 0 Å². The Morgan fingerprint density at radius 2 is 1.49 bits per heavy atom. The quantitative estimate of drug-likeness (QED) is 0.155. The van der Waals surface area contributed by atoms with Crippen molar-refractivity contribution >= 4 is 75.4 Å². The minimum atomic E-state index is -4.63. The Bertz CT molecular complexity index is 2550. The normalized spacial score (nSPS) is 33.4. The predicted octanol–water partition coefficient (Wildman–Crippen LogP) is 6.77. The first kappa shape index (κ1) is 18.7. The first-order valence-electron chi connectivity index (χ1n) is 14.0. The van der Waals surface area contributed by atoms with Crippen LogP contribution in [0.5, 0.6) is 0 Å². The van der Waals surface area contributed by atoms with Gasteiger partial charge in [0.2, 0.25) is 0 Å². The third kappa shape index (κ3) is 1.51. The fraction of sp³-hybridized carbons (Fsp3) is 0.235. The van der Waals surface area contributed by atoms with Gasteiger partial charge in [0.25, 0.3) is 0 Å². The van der Waals surface area contributed by atoms with E-state index in [1.807, 2.05) is 0 Å². The van der Waals surface area contributed by atoms with E-state index in [0.29, 0.717) is 0 Å². The molecule has 39 heavy (non-hydrogen) atoms. The Kier molecular flexibility index (Phi) is 2.32. The summed E-state index contributed by atoms with van der Waals surface area (Å²) in [7, 11) is -4.63. The van der Waals surface area contributed by atoms with Crippen molar-refractivity contribution in [2.75, 3.05) is 0 Å². The average molecular weight is 523 g/mol. The molecule has 5 unspecified atom stereocenters. The fourth-order valence-electron chi connectivity index (χ4n) is 11.5. The summed E-state index contributed by atoms with van der Waals surface area (Å²) < 4.78 is 40.0. The van der Waals surface area contributed by atoms with Gasteiger partial charge in [-0.2, -0.15) is 8.42 Å². The SMILES string of the molecule is O=S(=O)(O)OC1C=C2Cc3cc4ccc5cc6c7c8c9c%10c(c2c3c2c4c5c7c%102)C23CC12C=CC(C=C8C6)C93. The Morgan fingerprint density at radius 3 is 2.21 bits per heavy atom. The van der Waals surface area contributed by atoms with Crippen LogP contribution >= 0.6 is 0 Å². The van der Waals surface area contributed by atoms with Crippen LogP contribution in [0.15, 0.2) is 48.6 Å². The van der Waals surface area contributed by atoms with Gasteiger partial charge in [-0.25, -0.2) is 4.18 Å². The standard InChI is InChI=1S/C34H18O4S/c35-39(36,37)38-19-10-18-9-16-6-13-2-1-12-5-15-8-17-7-14-3-4-33(19)11-34(33)31(14)29-23(17)22(15)26-20(12)21(13)27-24(16)25(18)32(34)30(29)28(26)27/h1-7,10,14,19,31H,8-9,11H2,(H,35,36,37). The molecule has 0 radical (unpaired) electrons. The van der Waals surface area contributed by atoms with E-state index in [9.17, 15) is 13.0 Å². The largest absolute Gasteiger partial charge is 0.397 e. The molecule has 1 fully saturated rings. The molecule has 1 spiro atoms. The monoisotopic (exact) mass is 522 g/mol. The highest BCUT2D eigenvalue weighted by Crippen LogP contribution is 2.84. The lowest BCUT2D eigenvalue weighted by molar-refractivity contribution is 0.150. The number of rotatable bonds is 2. The lowest BCUT2D eigenvalue weighted by atomic mass is 9.64. The Morgan fingerprint density at radius 1 is 0.821 bits per heavy atom. The average Bonchev–Trinajstić information content (AvgIpc) is 3.12. The van der Waals surface area contributed by atoms with Crippen LogP contribution < -0.4 is 0 Å². The van der Waals surface area contributed by atoms with E-state index < -0.39 is 21.9 Å². The molecular formula is C34H18O4S. The minimum Gasteiger partial charge on any atom is -0.264 e. The molecule has 0 bridgehead atoms. The van der Waals surface area contributed by atoms with Crippen molar-refractivity contribution < 1.29 is 17.2 Å². The fourth-order valence-corrected chi connectivity index (χ4v) is 12.0. The van der Waals surface area contributed by atoms with Crippen molar-refractivity contribution in [1.29, 1.82) is 0 Å². The third-order valence-electron chi connectivity index (χ3n) is 12.3. The molecule has 6 aromatic rings. The van der Waals surface area contributed by atoms with Crippen molar-refractivity contribution in [3.8, 4) is 0 Å². The maximum atomic E-state index is 12.2. The highest BCUT2D eigenvalue weighted by atomic mass is 32.3. The summed E-state index contributed by atoms with van der Waals surface area (Å²) in [5, 5.41) is 14.2. The number of hydrogen-bond donors (Lipinski definition) is 1. The highest BCUT2D eigenvalue weighted by Gasteiger charge is 2.80. The summed E-state index contributed by atoms with van der Waals surface area (Å²) >= 11 is 0. The van der Waals surface area contributed by atoms with Crippen LogP contribution in [0.4, 0.5) is 0 Å². The van der Waals surface area contributed by atoms with E-state index in [4.69, 9.17) is 4.18 Å². The molecule has 0 amide bonds. The Hall–Kier alpha value is -3.51. The van der Waals surface area contributed by atoms with Gasteiger partial charge in [0.1, 0.15) is 6.10 Å². The van der Waals surface area contributed by atoms with Crippen molar-refractivity contribution in [2.24, 2.45) is 11.3 Å². The van der Waals surface area contributed by atoms with Crippen molar-refractivity contribution in [3.05, 3.63) is 82.0 Å². The molecule has 7 aliphatic rings. The van der Waals surface area contributed by atoms with Gasteiger partial charge in [-0.05, 0) is 124 Å². The van der Waals surface area contributed by atoms with Crippen LogP contribution in [0.2, 0.25) is 0 Å². The Labute approximate surface area is 222 Å². The second-order valence-electron chi connectivity index (χ2n) is 13.4. The van der Waals surface area contributed by atoms with Crippen LogP contribution in [0.3, 0.4) is 0 Å². The topological polar surface area (TPSA) is 63.6 Å². The molecule has 0 aliphatic heterocycles. The minimum absolute atomic E-state index is 0.213. The number of allylic oxidation sites excluding steroid dienone is 4. The van der Waals surface area contributed by atoms with E-state index in [0.717, 1.165) is 19.3 Å². The molecular weight excluding hydrogens is 504 g/mol. The molecule has 0 heterocycles. The van der Waals surface area contributed by atoms with Gasteiger partial charge >= 0.3 is 10.4 Å². The second kappa shape index (κ2) is 4.83. The van der Waals surface area contributed by atoms with Crippen LogP contribution in [-0.2, 0) is 32.8 Å². The summed E-state index contributed by atoms with van der Waals surface area (Å²) in [5.74, 6) is 0.566. The van der Waals surface area contributed by atoms with Crippen molar-refractivity contribution in [2.45, 2.75) is 36.7 Å². The molecule has 7 aliphatic carbocycles. The summed E-state index contributed by atoms with van der Waals surface area (Å²) in [6.45, 7) is 0. The highest BCUT2D eigenvalue weighted by molar-refractivity contribution is 7.80. The smallest absolute Gasteiger partial charge is 0.264 e. The number of hydrogen-bond acceptors (Lipinski definition) is 3. The van der Waals surface area contributed by atoms with Crippen LogP contribution in [0, 0.1) is 11.3 Å².